The fourth-order valence-electron chi connectivity index (χ4n) is 4.24. The summed E-state index contributed by atoms with van der Waals surface area (Å²) in [6, 6.07) is 11.2. The molecule has 3 heterocycles. The third-order valence-electron chi connectivity index (χ3n) is 8.33. The van der Waals surface area contributed by atoms with Crippen LogP contribution in [0.5, 0.6) is 0 Å². The van der Waals surface area contributed by atoms with Crippen LogP contribution < -0.4 is 9.70 Å². The van der Waals surface area contributed by atoms with Gasteiger partial charge in [0.25, 0.3) is 0 Å². The summed E-state index contributed by atoms with van der Waals surface area (Å²) in [6.45, 7) is 21.8. The molecule has 0 saturated carbocycles. The molecule has 0 aliphatic rings. The highest BCUT2D eigenvalue weighted by atomic mass is 32.1. The van der Waals surface area contributed by atoms with Crippen LogP contribution in [0.1, 0.15) is 36.8 Å². The summed E-state index contributed by atoms with van der Waals surface area (Å²) in [5, 5.41) is 20.7. The van der Waals surface area contributed by atoms with Gasteiger partial charge >= 0.3 is 5.97 Å². The van der Waals surface area contributed by atoms with Gasteiger partial charge in [-0.3, -0.25) is 9.47 Å². The predicted octanol–water partition coefficient (Wildman–Crippen LogP) is 7.68. The van der Waals surface area contributed by atoms with E-state index in [0.29, 0.717) is 43.3 Å². The minimum atomic E-state index is -2.03. The van der Waals surface area contributed by atoms with Crippen LogP contribution in [0.15, 0.2) is 40.7 Å². The van der Waals surface area contributed by atoms with Crippen LogP contribution in [0, 0.1) is 6.92 Å². The molecule has 11 nitrogen and oxygen atoms in total. The zero-order chi connectivity index (χ0) is 34.6. The Kier molecular flexibility index (Phi) is 12.0. The molecule has 0 fully saturated rings. The fraction of sp³-hybridized carbons (Fsp3) is 0.531. The lowest BCUT2D eigenvalue weighted by Gasteiger charge is -2.37. The molecule has 256 valence electrons. The number of hydrogen-bond acceptors (Lipinski definition) is 11. The van der Waals surface area contributed by atoms with Crippen molar-refractivity contribution in [3.63, 3.8) is 0 Å². The summed E-state index contributed by atoms with van der Waals surface area (Å²) in [6.07, 6.45) is -0.328. The normalized spacial score (nSPS) is 13.8. The van der Waals surface area contributed by atoms with Crippen molar-refractivity contribution < 1.29 is 23.8 Å². The molecule has 0 aliphatic heterocycles. The van der Waals surface area contributed by atoms with Crippen LogP contribution in [-0.2, 0) is 20.6 Å². The summed E-state index contributed by atoms with van der Waals surface area (Å²) in [4.78, 5) is 23.6. The molecule has 47 heavy (non-hydrogen) atoms. The van der Waals surface area contributed by atoms with Crippen molar-refractivity contribution in [2.24, 2.45) is 4.99 Å². The second-order valence-electron chi connectivity index (χ2n) is 14.3. The molecule has 1 N–H and O–H groups in total. The third-order valence-corrected chi connectivity index (χ3v) is 16.5. The van der Waals surface area contributed by atoms with E-state index < -0.39 is 22.4 Å². The van der Waals surface area contributed by atoms with E-state index in [0.717, 1.165) is 26.6 Å². The number of para-hydroxylation sites is 1. The minimum absolute atomic E-state index is 0.0285. The molecule has 0 amide bonds. The maximum Gasteiger partial charge on any atom is 0.355 e. The number of hydrogen-bond donors (Lipinski definition) is 1. The quantitative estimate of drug-likeness (QED) is 0.0975. The summed E-state index contributed by atoms with van der Waals surface area (Å²) in [7, 11) is -1.60. The van der Waals surface area contributed by atoms with Crippen LogP contribution in [0.3, 0.4) is 0 Å². The van der Waals surface area contributed by atoms with Crippen LogP contribution in [-0.4, -0.2) is 80.2 Å². The topological polar surface area (TPSA) is 124 Å². The lowest BCUT2D eigenvalue weighted by atomic mass is 10.2. The molecule has 15 heteroatoms. The van der Waals surface area contributed by atoms with E-state index in [9.17, 15) is 9.90 Å². The maximum absolute atomic E-state index is 11.7. The molecule has 1 unspecified atom stereocenters. The number of carboxylic acid groups (broad SMARTS) is 1. The van der Waals surface area contributed by atoms with Crippen LogP contribution in [0.4, 0.5) is 16.8 Å². The van der Waals surface area contributed by atoms with Gasteiger partial charge < -0.3 is 19.0 Å². The number of nitrogens with zero attached hydrogens (tertiary/aromatic N) is 6. The number of thiazole rings is 2. The SMILES string of the molecule is COC(CO[Si](C)(C)C(C)(C)C)CN(c1cc(C)c(N=c2sc3ccccc3n2COCC[Si](C)(C)C)nn1)c1nc(C(=O)O)cs1. The van der Waals surface area contributed by atoms with Crippen molar-refractivity contribution in [2.45, 2.75) is 84.3 Å². The fourth-order valence-corrected chi connectivity index (χ4v) is 7.86. The molecule has 0 radical (unpaired) electrons. The van der Waals surface area contributed by atoms with Crippen molar-refractivity contribution >= 4 is 72.0 Å². The van der Waals surface area contributed by atoms with Crippen LogP contribution in [0.25, 0.3) is 10.2 Å². The van der Waals surface area contributed by atoms with Gasteiger partial charge in [-0.15, -0.1) is 21.5 Å². The number of aromatic nitrogens is 4. The van der Waals surface area contributed by atoms with Gasteiger partial charge in [-0.05, 0) is 54.9 Å². The number of carboxylic acids is 1. The lowest BCUT2D eigenvalue weighted by molar-refractivity contribution is 0.0591. The average Bonchev–Trinajstić information content (AvgIpc) is 3.61. The lowest BCUT2D eigenvalue weighted by Crippen LogP contribution is -2.44. The maximum atomic E-state index is 11.7. The summed E-state index contributed by atoms with van der Waals surface area (Å²) < 4.78 is 21.7. The van der Waals surface area contributed by atoms with Crippen molar-refractivity contribution in [1.82, 2.24) is 19.7 Å². The van der Waals surface area contributed by atoms with Gasteiger partial charge in [0.15, 0.2) is 35.6 Å². The molecular weight excluding hydrogens is 669 g/mol. The van der Waals surface area contributed by atoms with E-state index in [1.54, 1.807) is 18.4 Å². The van der Waals surface area contributed by atoms with E-state index in [1.807, 2.05) is 30.0 Å². The van der Waals surface area contributed by atoms with E-state index in [1.165, 1.54) is 16.7 Å². The molecule has 1 aromatic carbocycles. The van der Waals surface area contributed by atoms with Gasteiger partial charge in [-0.2, -0.15) is 4.99 Å². The van der Waals surface area contributed by atoms with Gasteiger partial charge in [0.1, 0.15) is 6.73 Å². The molecule has 0 saturated heterocycles. The number of rotatable bonds is 15. The number of carbonyl (C=O) groups is 1. The highest BCUT2D eigenvalue weighted by Crippen LogP contribution is 2.37. The van der Waals surface area contributed by atoms with Gasteiger partial charge in [0.05, 0.1) is 29.5 Å². The Labute approximate surface area is 287 Å². The number of anilines is 2. The molecule has 1 atom stereocenters. The number of fused-ring (bicyclic) bond motifs is 1. The molecule has 0 spiro atoms. The molecule has 3 aromatic heterocycles. The molecular formula is C32H48N6O5S2Si2. The van der Waals surface area contributed by atoms with Crippen LogP contribution >= 0.6 is 22.7 Å². The first-order valence-electron chi connectivity index (χ1n) is 15.7. The molecule has 4 aromatic rings. The Bertz CT molecular complexity index is 1740. The number of benzene rings is 1. The first kappa shape index (κ1) is 37.0. The predicted molar refractivity (Wildman–Crippen MR) is 196 cm³/mol. The highest BCUT2D eigenvalue weighted by molar-refractivity contribution is 7.16. The summed E-state index contributed by atoms with van der Waals surface area (Å²) in [5.41, 5.74) is 1.84. The van der Waals surface area contributed by atoms with E-state index in [4.69, 9.17) is 18.9 Å². The Hall–Kier alpha value is -2.80. The summed E-state index contributed by atoms with van der Waals surface area (Å²) >= 11 is 2.81. The average molecular weight is 717 g/mol. The van der Waals surface area contributed by atoms with Gasteiger partial charge in [0.2, 0.25) is 0 Å². The molecule has 0 aliphatic carbocycles. The zero-order valence-corrected chi connectivity index (χ0v) is 32.8. The third kappa shape index (κ3) is 9.65. The van der Waals surface area contributed by atoms with Gasteiger partial charge in [-0.1, -0.05) is 63.9 Å². The zero-order valence-electron chi connectivity index (χ0n) is 29.2. The minimum Gasteiger partial charge on any atom is -0.476 e. The number of ether oxygens (including phenoxy) is 2. The number of aromatic carboxylic acids is 1. The summed E-state index contributed by atoms with van der Waals surface area (Å²) in [5.74, 6) is -0.0819. The second kappa shape index (κ2) is 15.2. The Morgan fingerprint density at radius 1 is 1.15 bits per heavy atom. The number of methoxy groups -OCH3 is 1. The highest BCUT2D eigenvalue weighted by Gasteiger charge is 2.38. The first-order chi connectivity index (χ1) is 22.0. The Balaban J connectivity index is 1.66. The van der Waals surface area contributed by atoms with Crippen molar-refractivity contribution in [1.29, 1.82) is 0 Å². The van der Waals surface area contributed by atoms with Crippen molar-refractivity contribution in [3.8, 4) is 0 Å². The molecule has 4 rings (SSSR count). The Morgan fingerprint density at radius 3 is 2.49 bits per heavy atom. The number of aryl methyl sites for hydroxylation is 1. The second-order valence-corrected chi connectivity index (χ2v) is 26.6. The first-order valence-corrected chi connectivity index (χ1v) is 24.0. The monoisotopic (exact) mass is 716 g/mol. The standard InChI is InChI=1S/C32H48N6O5S2Si2/c1-22-17-27(37(30-33-24(20-44-30)29(39)40)18-23(41-5)19-43-47(9,10)32(2,3)4)35-36-28(22)34-31-38(21-42-15-16-46(6,7)8)25-13-11-12-14-26(25)45-31/h11-14,17,20,23H,15-16,18-19,21H2,1-10H3,(H,39,40). The van der Waals surface area contributed by atoms with Gasteiger partial charge in [0, 0.05) is 27.2 Å². The van der Waals surface area contributed by atoms with Crippen molar-refractivity contribution in [3.05, 3.63) is 51.8 Å². The largest absolute Gasteiger partial charge is 0.476 e. The Morgan fingerprint density at radius 2 is 1.87 bits per heavy atom. The van der Waals surface area contributed by atoms with E-state index in [2.05, 4.69) is 85.4 Å². The molecule has 0 bridgehead atoms. The van der Waals surface area contributed by atoms with E-state index >= 15 is 0 Å². The van der Waals surface area contributed by atoms with Gasteiger partial charge in [-0.25, -0.2) is 9.78 Å². The van der Waals surface area contributed by atoms with Crippen LogP contribution in [0.2, 0.25) is 43.8 Å². The smallest absolute Gasteiger partial charge is 0.355 e. The van der Waals surface area contributed by atoms with E-state index in [-0.39, 0.29) is 16.8 Å². The van der Waals surface area contributed by atoms with Crippen molar-refractivity contribution in [2.75, 3.05) is 31.8 Å².